The first-order valence-corrected chi connectivity index (χ1v) is 7.96. The molecule has 1 aliphatic heterocycles. The zero-order chi connectivity index (χ0) is 15.1. The van der Waals surface area contributed by atoms with Gasteiger partial charge in [-0.15, -0.1) is 0 Å². The van der Waals surface area contributed by atoms with Crippen LogP contribution in [0.4, 0.5) is 0 Å². The van der Waals surface area contributed by atoms with Crippen molar-refractivity contribution in [3.8, 4) is 0 Å². The van der Waals surface area contributed by atoms with Gasteiger partial charge in [-0.1, -0.05) is 43.7 Å². The van der Waals surface area contributed by atoms with Crippen LogP contribution >= 0.6 is 0 Å². The van der Waals surface area contributed by atoms with E-state index in [-0.39, 0.29) is 5.91 Å². The molecule has 4 nitrogen and oxygen atoms in total. The Morgan fingerprint density at radius 1 is 1.38 bits per heavy atom. The monoisotopic (exact) mass is 289 g/mol. The van der Waals surface area contributed by atoms with E-state index in [0.717, 1.165) is 13.0 Å². The van der Waals surface area contributed by atoms with Crippen molar-refractivity contribution < 1.29 is 4.79 Å². The molecule has 0 aliphatic carbocycles. The molecule has 3 N–H and O–H groups in total. The Labute approximate surface area is 127 Å². The molecule has 116 valence electrons. The van der Waals surface area contributed by atoms with E-state index in [0.29, 0.717) is 31.6 Å². The van der Waals surface area contributed by atoms with Crippen LogP contribution in [0.5, 0.6) is 0 Å². The van der Waals surface area contributed by atoms with Gasteiger partial charge in [0.05, 0.1) is 6.54 Å². The second-order valence-corrected chi connectivity index (χ2v) is 5.97. The molecular weight excluding hydrogens is 262 g/mol. The van der Waals surface area contributed by atoms with Gasteiger partial charge in [-0.05, 0) is 30.9 Å². The van der Waals surface area contributed by atoms with Gasteiger partial charge in [0.1, 0.15) is 0 Å². The number of carbonyl (C=O) groups is 1. The fourth-order valence-electron chi connectivity index (χ4n) is 2.94. The van der Waals surface area contributed by atoms with E-state index < -0.39 is 0 Å². The number of nitrogens with zero attached hydrogens (tertiary/aromatic N) is 1. The van der Waals surface area contributed by atoms with Crippen molar-refractivity contribution in [2.75, 3.05) is 26.2 Å². The van der Waals surface area contributed by atoms with Crippen molar-refractivity contribution in [2.24, 2.45) is 5.73 Å². The van der Waals surface area contributed by atoms with E-state index >= 15 is 0 Å². The Hall–Kier alpha value is -1.39. The second-order valence-electron chi connectivity index (χ2n) is 5.97. The van der Waals surface area contributed by atoms with E-state index in [1.54, 1.807) is 0 Å². The number of hydrogen-bond donors (Lipinski definition) is 2. The largest absolute Gasteiger partial charge is 0.354 e. The van der Waals surface area contributed by atoms with Crippen molar-refractivity contribution >= 4 is 5.91 Å². The minimum atomic E-state index is 0.109. The number of hydrogen-bond acceptors (Lipinski definition) is 3. The van der Waals surface area contributed by atoms with Crippen LogP contribution in [0.25, 0.3) is 0 Å². The zero-order valence-corrected chi connectivity index (χ0v) is 12.9. The van der Waals surface area contributed by atoms with Gasteiger partial charge >= 0.3 is 0 Å². The minimum Gasteiger partial charge on any atom is -0.354 e. The number of nitrogens with one attached hydrogen (secondary N) is 1. The quantitative estimate of drug-likeness (QED) is 0.838. The van der Waals surface area contributed by atoms with Gasteiger partial charge in [0.25, 0.3) is 0 Å². The molecule has 2 atom stereocenters. The fraction of sp³-hybridized carbons (Fsp3) is 0.588. The normalized spacial score (nSPS) is 21.0. The molecule has 4 heteroatoms. The number of amides is 1. The molecule has 1 saturated heterocycles. The summed E-state index contributed by atoms with van der Waals surface area (Å²) in [6, 6.07) is 10.7. The number of benzene rings is 1. The Bertz CT molecular complexity index is 435. The van der Waals surface area contributed by atoms with Gasteiger partial charge in [0.2, 0.25) is 5.91 Å². The van der Waals surface area contributed by atoms with Crippen LogP contribution in [0.1, 0.15) is 37.7 Å². The molecule has 0 radical (unpaired) electrons. The van der Waals surface area contributed by atoms with Crippen molar-refractivity contribution in [1.82, 2.24) is 10.2 Å². The molecule has 0 aromatic heterocycles. The zero-order valence-electron chi connectivity index (χ0n) is 12.9. The highest BCUT2D eigenvalue weighted by Gasteiger charge is 2.22. The van der Waals surface area contributed by atoms with Crippen LogP contribution in [0.2, 0.25) is 0 Å². The topological polar surface area (TPSA) is 58.4 Å². The van der Waals surface area contributed by atoms with E-state index in [1.165, 1.54) is 18.4 Å². The van der Waals surface area contributed by atoms with Crippen LogP contribution in [0, 0.1) is 0 Å². The van der Waals surface area contributed by atoms with Crippen molar-refractivity contribution in [3.63, 3.8) is 0 Å². The van der Waals surface area contributed by atoms with Crippen molar-refractivity contribution in [3.05, 3.63) is 35.9 Å². The molecule has 1 amide bonds. The molecule has 1 heterocycles. The number of piperidine rings is 1. The summed E-state index contributed by atoms with van der Waals surface area (Å²) in [6.07, 6.45) is 3.51. The van der Waals surface area contributed by atoms with E-state index in [4.69, 9.17) is 5.73 Å². The van der Waals surface area contributed by atoms with Crippen molar-refractivity contribution in [2.45, 2.75) is 38.1 Å². The summed E-state index contributed by atoms with van der Waals surface area (Å²) in [6.45, 7) is 4.93. The van der Waals surface area contributed by atoms with Crippen LogP contribution in [0.15, 0.2) is 30.3 Å². The van der Waals surface area contributed by atoms with Gasteiger partial charge in [-0.25, -0.2) is 0 Å². The molecule has 2 rings (SSSR count). The summed E-state index contributed by atoms with van der Waals surface area (Å²) in [5.41, 5.74) is 7.05. The van der Waals surface area contributed by atoms with Crippen LogP contribution in [-0.2, 0) is 4.79 Å². The lowest BCUT2D eigenvalue weighted by molar-refractivity contribution is -0.123. The maximum Gasteiger partial charge on any atom is 0.234 e. The van der Waals surface area contributed by atoms with Crippen LogP contribution in [-0.4, -0.2) is 43.0 Å². The Kier molecular flexibility index (Phi) is 6.21. The highest BCUT2D eigenvalue weighted by molar-refractivity contribution is 5.78. The van der Waals surface area contributed by atoms with E-state index in [1.807, 2.05) is 18.2 Å². The highest BCUT2D eigenvalue weighted by Crippen LogP contribution is 2.16. The fourth-order valence-corrected chi connectivity index (χ4v) is 2.94. The summed E-state index contributed by atoms with van der Waals surface area (Å²) in [7, 11) is 0. The smallest absolute Gasteiger partial charge is 0.234 e. The molecule has 0 bridgehead atoms. The highest BCUT2D eigenvalue weighted by atomic mass is 16.2. The molecule has 2 unspecified atom stereocenters. The number of nitrogens with two attached hydrogens (primary N) is 1. The molecule has 1 aromatic carbocycles. The maximum absolute atomic E-state index is 12.1. The first-order valence-electron chi connectivity index (χ1n) is 7.96. The lowest BCUT2D eigenvalue weighted by atomic mass is 10.0. The average molecular weight is 289 g/mol. The average Bonchev–Trinajstić information content (AvgIpc) is 2.54. The Balaban J connectivity index is 1.76. The summed E-state index contributed by atoms with van der Waals surface area (Å²) in [5.74, 6) is 0.444. The van der Waals surface area contributed by atoms with Gasteiger partial charge in [0.15, 0.2) is 0 Å². The predicted molar refractivity (Wildman–Crippen MR) is 86.1 cm³/mol. The molecule has 1 aliphatic rings. The lowest BCUT2D eigenvalue weighted by Crippen LogP contribution is -2.48. The van der Waals surface area contributed by atoms with Gasteiger partial charge < -0.3 is 11.1 Å². The summed E-state index contributed by atoms with van der Waals surface area (Å²) in [4.78, 5) is 14.3. The maximum atomic E-state index is 12.1. The molecule has 21 heavy (non-hydrogen) atoms. The van der Waals surface area contributed by atoms with Gasteiger partial charge in [-0.3, -0.25) is 9.69 Å². The standard InChI is InChI=1S/C17H27N3O/c1-14(15-7-3-2-4-8-15)12-19-17(21)13-20-10-6-5-9-16(20)11-18/h2-4,7-8,14,16H,5-6,9-13,18H2,1H3,(H,19,21). The molecular formula is C17H27N3O. The Morgan fingerprint density at radius 2 is 2.14 bits per heavy atom. The summed E-state index contributed by atoms with van der Waals surface area (Å²) < 4.78 is 0. The molecule has 0 saturated carbocycles. The van der Waals surface area contributed by atoms with Crippen LogP contribution < -0.4 is 11.1 Å². The SMILES string of the molecule is CC(CNC(=O)CN1CCCCC1CN)c1ccccc1. The molecule has 1 aromatic rings. The van der Waals surface area contributed by atoms with Gasteiger partial charge in [-0.2, -0.15) is 0 Å². The molecule has 0 spiro atoms. The number of carbonyl (C=O) groups excluding carboxylic acids is 1. The summed E-state index contributed by atoms with van der Waals surface area (Å²) in [5, 5.41) is 3.05. The van der Waals surface area contributed by atoms with Gasteiger partial charge in [0, 0.05) is 19.1 Å². The second kappa shape index (κ2) is 8.15. The van der Waals surface area contributed by atoms with E-state index in [9.17, 15) is 4.79 Å². The third-order valence-electron chi connectivity index (χ3n) is 4.34. The lowest BCUT2D eigenvalue weighted by Gasteiger charge is -2.34. The van der Waals surface area contributed by atoms with Crippen molar-refractivity contribution in [1.29, 1.82) is 0 Å². The summed E-state index contributed by atoms with van der Waals surface area (Å²) >= 11 is 0. The molecule has 1 fully saturated rings. The number of likely N-dealkylation sites (tertiary alicyclic amines) is 1. The minimum absolute atomic E-state index is 0.109. The number of rotatable bonds is 6. The van der Waals surface area contributed by atoms with E-state index in [2.05, 4.69) is 29.3 Å². The first kappa shape index (κ1) is 16.0. The van der Waals surface area contributed by atoms with Crippen LogP contribution in [0.3, 0.4) is 0 Å². The third kappa shape index (κ3) is 4.83. The predicted octanol–water partition coefficient (Wildman–Crippen LogP) is 1.72. The Morgan fingerprint density at radius 3 is 2.86 bits per heavy atom. The first-order chi connectivity index (χ1) is 10.2. The third-order valence-corrected chi connectivity index (χ3v) is 4.34.